The molecule has 0 radical (unpaired) electrons. The third kappa shape index (κ3) is 4.56. The van der Waals surface area contributed by atoms with Crippen LogP contribution in [0.4, 0.5) is 9.80 Å². The Kier molecular flexibility index (Phi) is 5.90. The first-order valence-corrected chi connectivity index (χ1v) is 11.1. The van der Waals surface area contributed by atoms with Gasteiger partial charge < -0.3 is 20.1 Å². The molecule has 0 saturated heterocycles. The van der Waals surface area contributed by atoms with E-state index in [1.807, 2.05) is 0 Å². The number of fused-ring (bicyclic) bond motifs is 1. The summed E-state index contributed by atoms with van der Waals surface area (Å²) < 4.78 is 5.63. The van der Waals surface area contributed by atoms with Crippen molar-refractivity contribution in [1.82, 2.24) is 10.1 Å². The summed E-state index contributed by atoms with van der Waals surface area (Å²) in [5.41, 5.74) is 3.18. The van der Waals surface area contributed by atoms with Gasteiger partial charge in [0.2, 0.25) is 0 Å². The summed E-state index contributed by atoms with van der Waals surface area (Å²) in [5, 5.41) is 22.2. The van der Waals surface area contributed by atoms with E-state index in [0.29, 0.717) is 17.7 Å². The second-order valence-corrected chi connectivity index (χ2v) is 9.25. The van der Waals surface area contributed by atoms with Gasteiger partial charge in [-0.3, -0.25) is 4.79 Å². The Balaban J connectivity index is 0.000000503. The molecular weight excluding hydrogens is 406 g/mol. The Bertz CT molecular complexity index is 985. The zero-order valence-electron chi connectivity index (χ0n) is 16.8. The predicted octanol–water partition coefficient (Wildman–Crippen LogP) is 5.07. The maximum absolute atomic E-state index is 12.7. The molecule has 9 heteroatoms. The summed E-state index contributed by atoms with van der Waals surface area (Å²) in [5.74, 6) is 2.57. The smallest absolute Gasteiger partial charge is 0.450 e. The van der Waals surface area contributed by atoms with Crippen molar-refractivity contribution in [2.45, 2.75) is 64.2 Å². The number of anilines is 1. The molecule has 2 aromatic heterocycles. The molecule has 0 spiro atoms. The number of carbonyl (C=O) groups is 2. The molecule has 2 heterocycles. The fraction of sp³-hybridized carbons (Fsp3) is 0.524. The SMILES string of the molecule is CC1CCc2c(sc(NC(=O)C3=CCCC3)c2-c2nc(C3CC3)no2)C1.O=C(O)O. The van der Waals surface area contributed by atoms with E-state index >= 15 is 0 Å². The largest absolute Gasteiger partial charge is 0.503 e. The van der Waals surface area contributed by atoms with Crippen LogP contribution in [0.15, 0.2) is 16.2 Å². The molecular formula is C21H25N3O5S. The maximum Gasteiger partial charge on any atom is 0.503 e. The van der Waals surface area contributed by atoms with Crippen LogP contribution in [0, 0.1) is 5.92 Å². The highest BCUT2D eigenvalue weighted by molar-refractivity contribution is 7.17. The summed E-state index contributed by atoms with van der Waals surface area (Å²) in [6.07, 6.45) is 8.71. The van der Waals surface area contributed by atoms with Crippen LogP contribution in [0.1, 0.15) is 67.6 Å². The normalized spacial score (nSPS) is 20.0. The quantitative estimate of drug-likeness (QED) is 0.617. The van der Waals surface area contributed by atoms with E-state index in [1.54, 1.807) is 11.3 Å². The second-order valence-electron chi connectivity index (χ2n) is 8.15. The number of carbonyl (C=O) groups excluding carboxylic acids is 1. The van der Waals surface area contributed by atoms with Crippen LogP contribution in [0.3, 0.4) is 0 Å². The minimum Gasteiger partial charge on any atom is -0.450 e. The lowest BCUT2D eigenvalue weighted by Gasteiger charge is -2.18. The standard InChI is InChI=1S/C20H23N3O2S.CH2O3/c1-11-6-9-14-15(10-11)26-20(22-18(24)13-4-2-3-5-13)16(14)19-21-17(23-25-19)12-7-8-12;2-1(3)4/h4,11-12H,2-3,5-10H2,1H3,(H,22,24);(H2,2,3,4). The van der Waals surface area contributed by atoms with E-state index in [9.17, 15) is 4.79 Å². The van der Waals surface area contributed by atoms with Gasteiger partial charge in [0, 0.05) is 16.4 Å². The molecule has 0 aromatic carbocycles. The highest BCUT2D eigenvalue weighted by Gasteiger charge is 2.32. The lowest BCUT2D eigenvalue weighted by molar-refractivity contribution is -0.112. The van der Waals surface area contributed by atoms with Crippen molar-refractivity contribution in [1.29, 1.82) is 0 Å². The fourth-order valence-corrected chi connectivity index (χ4v) is 5.37. The van der Waals surface area contributed by atoms with E-state index in [-0.39, 0.29) is 5.91 Å². The maximum atomic E-state index is 12.7. The van der Waals surface area contributed by atoms with Crippen molar-refractivity contribution in [2.24, 2.45) is 5.92 Å². The van der Waals surface area contributed by atoms with Crippen LogP contribution >= 0.6 is 11.3 Å². The average molecular weight is 432 g/mol. The van der Waals surface area contributed by atoms with Crippen molar-refractivity contribution in [2.75, 3.05) is 5.32 Å². The van der Waals surface area contributed by atoms with Gasteiger partial charge in [-0.15, -0.1) is 11.3 Å². The molecule has 1 amide bonds. The number of rotatable bonds is 4. The van der Waals surface area contributed by atoms with Gasteiger partial charge in [0.15, 0.2) is 5.82 Å². The molecule has 0 bridgehead atoms. The van der Waals surface area contributed by atoms with Crippen LogP contribution in [0.2, 0.25) is 0 Å². The number of hydrogen-bond donors (Lipinski definition) is 3. The number of carboxylic acid groups (broad SMARTS) is 2. The van der Waals surface area contributed by atoms with Crippen molar-refractivity contribution >= 4 is 28.4 Å². The average Bonchev–Trinajstić information content (AvgIpc) is 3.09. The van der Waals surface area contributed by atoms with E-state index < -0.39 is 6.16 Å². The summed E-state index contributed by atoms with van der Waals surface area (Å²) >= 11 is 1.69. The van der Waals surface area contributed by atoms with Crippen LogP contribution < -0.4 is 5.32 Å². The number of hydrogen-bond acceptors (Lipinski definition) is 6. The molecule has 8 nitrogen and oxygen atoms in total. The zero-order valence-corrected chi connectivity index (χ0v) is 17.6. The summed E-state index contributed by atoms with van der Waals surface area (Å²) in [6, 6.07) is 0. The van der Waals surface area contributed by atoms with E-state index in [1.165, 1.54) is 16.9 Å². The first kappa shape index (κ1) is 20.6. The molecule has 30 heavy (non-hydrogen) atoms. The van der Waals surface area contributed by atoms with Crippen LogP contribution in [0.25, 0.3) is 11.5 Å². The fourth-order valence-electron chi connectivity index (χ4n) is 3.97. The molecule has 1 unspecified atom stereocenters. The Morgan fingerprint density at radius 2 is 2.00 bits per heavy atom. The summed E-state index contributed by atoms with van der Waals surface area (Å²) in [4.78, 5) is 27.2. The molecule has 3 N–H and O–H groups in total. The molecule has 1 atom stereocenters. The lowest BCUT2D eigenvalue weighted by atomic mass is 9.88. The molecule has 3 aliphatic rings. The number of allylic oxidation sites excluding steroid dienone is 1. The molecule has 160 valence electrons. The Labute approximate surface area is 178 Å². The third-order valence-corrected chi connectivity index (χ3v) is 6.84. The number of thiophene rings is 1. The first-order chi connectivity index (χ1) is 14.4. The Morgan fingerprint density at radius 3 is 2.67 bits per heavy atom. The summed E-state index contributed by atoms with van der Waals surface area (Å²) in [7, 11) is 0. The van der Waals surface area contributed by atoms with Crippen LogP contribution in [0.5, 0.6) is 0 Å². The van der Waals surface area contributed by atoms with Crippen molar-refractivity contribution in [3.8, 4) is 11.5 Å². The molecule has 5 rings (SSSR count). The van der Waals surface area contributed by atoms with Crippen molar-refractivity contribution in [3.05, 3.63) is 27.9 Å². The van der Waals surface area contributed by atoms with E-state index in [4.69, 9.17) is 19.5 Å². The lowest BCUT2D eigenvalue weighted by Crippen LogP contribution is -2.13. The van der Waals surface area contributed by atoms with Gasteiger partial charge in [-0.1, -0.05) is 18.2 Å². The van der Waals surface area contributed by atoms with E-state index in [2.05, 4.69) is 28.5 Å². The Hall–Kier alpha value is -2.68. The van der Waals surface area contributed by atoms with Gasteiger partial charge in [-0.05, 0) is 62.8 Å². The van der Waals surface area contributed by atoms with Crippen LogP contribution in [-0.4, -0.2) is 32.4 Å². The van der Waals surface area contributed by atoms with Gasteiger partial charge in [0.1, 0.15) is 5.00 Å². The van der Waals surface area contributed by atoms with Crippen molar-refractivity contribution in [3.63, 3.8) is 0 Å². The molecule has 1 fully saturated rings. The first-order valence-electron chi connectivity index (χ1n) is 10.3. The molecule has 3 aliphatic carbocycles. The topological polar surface area (TPSA) is 126 Å². The summed E-state index contributed by atoms with van der Waals surface area (Å²) in [6.45, 7) is 2.29. The van der Waals surface area contributed by atoms with Crippen LogP contribution in [-0.2, 0) is 17.6 Å². The molecule has 1 saturated carbocycles. The Morgan fingerprint density at radius 1 is 1.23 bits per heavy atom. The molecule has 0 aliphatic heterocycles. The van der Waals surface area contributed by atoms with Crippen molar-refractivity contribution < 1.29 is 24.3 Å². The number of amides is 1. The van der Waals surface area contributed by atoms with E-state index in [0.717, 1.165) is 66.9 Å². The predicted molar refractivity (Wildman–Crippen MR) is 112 cm³/mol. The van der Waals surface area contributed by atoms with Gasteiger partial charge in [-0.2, -0.15) is 4.98 Å². The number of aromatic nitrogens is 2. The van der Waals surface area contributed by atoms with Gasteiger partial charge in [-0.25, -0.2) is 4.79 Å². The highest BCUT2D eigenvalue weighted by atomic mass is 32.1. The number of nitrogens with one attached hydrogen (secondary N) is 1. The highest BCUT2D eigenvalue weighted by Crippen LogP contribution is 2.46. The molecule has 2 aromatic rings. The second kappa shape index (κ2) is 8.59. The van der Waals surface area contributed by atoms with Gasteiger partial charge >= 0.3 is 6.16 Å². The monoisotopic (exact) mass is 431 g/mol. The van der Waals surface area contributed by atoms with Gasteiger partial charge in [0.05, 0.1) is 5.56 Å². The third-order valence-electron chi connectivity index (χ3n) is 5.67. The number of nitrogens with zero attached hydrogens (tertiary/aromatic N) is 2. The minimum atomic E-state index is -1.83. The van der Waals surface area contributed by atoms with Gasteiger partial charge in [0.25, 0.3) is 11.8 Å². The minimum absolute atomic E-state index is 0.0253. The zero-order chi connectivity index (χ0) is 21.3.